The number of hydrogen-bond donors (Lipinski definition) is 1. The lowest BCUT2D eigenvalue weighted by molar-refractivity contribution is -0.136. The van der Waals surface area contributed by atoms with Crippen LogP contribution < -0.4 is 5.73 Å². The molecule has 2 N–H and O–H groups in total. The van der Waals surface area contributed by atoms with Crippen LogP contribution in [0.4, 0.5) is 5.95 Å². The van der Waals surface area contributed by atoms with Crippen LogP contribution in [0, 0.1) is 5.92 Å². The highest BCUT2D eigenvalue weighted by Crippen LogP contribution is 2.38. The zero-order valence-corrected chi connectivity index (χ0v) is 21.0. The van der Waals surface area contributed by atoms with Crippen molar-refractivity contribution in [2.24, 2.45) is 5.92 Å². The van der Waals surface area contributed by atoms with Gasteiger partial charge in [0.2, 0.25) is 11.9 Å². The molecule has 1 saturated heterocycles. The molecule has 37 heavy (non-hydrogen) atoms. The van der Waals surface area contributed by atoms with E-state index in [1.54, 1.807) is 34.4 Å². The Labute approximate surface area is 213 Å². The summed E-state index contributed by atoms with van der Waals surface area (Å²) in [5, 5.41) is 8.64. The first-order valence-electron chi connectivity index (χ1n) is 12.1. The molecule has 1 aliphatic rings. The quantitative estimate of drug-likeness (QED) is 0.397. The third-order valence-electron chi connectivity index (χ3n) is 6.92. The van der Waals surface area contributed by atoms with Crippen molar-refractivity contribution < 1.29 is 14.1 Å². The van der Waals surface area contributed by atoms with Crippen LogP contribution in [0.15, 0.2) is 47.6 Å². The van der Waals surface area contributed by atoms with Crippen LogP contribution in [0.1, 0.15) is 32.2 Å². The fourth-order valence-electron chi connectivity index (χ4n) is 4.23. The van der Waals surface area contributed by atoms with Gasteiger partial charge in [0.05, 0.1) is 36.1 Å². The molecule has 1 amide bonds. The number of nitrogens with zero attached hydrogens (tertiary/aromatic N) is 8. The summed E-state index contributed by atoms with van der Waals surface area (Å²) in [6, 6.07) is 3.92. The second kappa shape index (κ2) is 10.1. The lowest BCUT2D eigenvalue weighted by atomic mass is 9.73. The number of rotatable bonds is 7. The highest BCUT2D eigenvalue weighted by atomic mass is 16.5. The Bertz CT molecular complexity index is 1360. The van der Waals surface area contributed by atoms with Crippen molar-refractivity contribution in [3.63, 3.8) is 0 Å². The molecule has 0 bridgehead atoms. The minimum Gasteiger partial charge on any atom is -0.378 e. The summed E-state index contributed by atoms with van der Waals surface area (Å²) in [5.74, 6) is 1.24. The average molecular weight is 504 g/mol. The largest absolute Gasteiger partial charge is 0.378 e. The fourth-order valence-corrected chi connectivity index (χ4v) is 4.23. The van der Waals surface area contributed by atoms with E-state index < -0.39 is 5.41 Å². The van der Waals surface area contributed by atoms with Crippen LogP contribution in [0.2, 0.25) is 0 Å². The number of ether oxygens (including phenoxy) is 1. The first-order chi connectivity index (χ1) is 17.8. The number of nitrogen functional groups attached to an aromatic ring is 1. The molecular formula is C25H29N9O3. The lowest BCUT2D eigenvalue weighted by Crippen LogP contribution is -2.42. The molecule has 1 atom stereocenters. The van der Waals surface area contributed by atoms with E-state index in [4.69, 9.17) is 20.0 Å². The number of carbonyl (C=O) groups is 1. The van der Waals surface area contributed by atoms with Gasteiger partial charge in [0.15, 0.2) is 5.82 Å². The molecule has 4 aromatic rings. The molecule has 5 rings (SSSR count). The van der Waals surface area contributed by atoms with Crippen molar-refractivity contribution in [3.05, 3.63) is 54.5 Å². The monoisotopic (exact) mass is 503 g/mol. The SMILES string of the molecule is CC(C)[C@](C)(c1ccc(-c2cnc(N)nc2)nc1)c1noc(-c2cnn(CC(=O)N3CCOCC3)c2)n1. The van der Waals surface area contributed by atoms with Gasteiger partial charge in [-0.15, -0.1) is 0 Å². The van der Waals surface area contributed by atoms with E-state index in [1.165, 1.54) is 0 Å². The molecule has 4 aromatic heterocycles. The number of aromatic nitrogens is 7. The first kappa shape index (κ1) is 24.5. The molecule has 0 saturated carbocycles. The van der Waals surface area contributed by atoms with Crippen molar-refractivity contribution in [3.8, 4) is 22.7 Å². The van der Waals surface area contributed by atoms with E-state index in [9.17, 15) is 4.79 Å². The van der Waals surface area contributed by atoms with Gasteiger partial charge in [-0.2, -0.15) is 10.1 Å². The summed E-state index contributed by atoms with van der Waals surface area (Å²) in [7, 11) is 0. The van der Waals surface area contributed by atoms with Gasteiger partial charge in [-0.05, 0) is 24.5 Å². The minimum atomic E-state index is -0.562. The summed E-state index contributed by atoms with van der Waals surface area (Å²) in [6.07, 6.45) is 8.48. The average Bonchev–Trinajstić information content (AvgIpc) is 3.59. The van der Waals surface area contributed by atoms with Gasteiger partial charge < -0.3 is 19.9 Å². The van der Waals surface area contributed by atoms with E-state index in [0.29, 0.717) is 43.6 Å². The summed E-state index contributed by atoms with van der Waals surface area (Å²) < 4.78 is 12.5. The van der Waals surface area contributed by atoms with Crippen LogP contribution >= 0.6 is 0 Å². The van der Waals surface area contributed by atoms with Gasteiger partial charge in [0.25, 0.3) is 5.89 Å². The summed E-state index contributed by atoms with van der Waals surface area (Å²) in [5.41, 5.74) is 8.14. The van der Waals surface area contributed by atoms with Crippen LogP contribution in [-0.2, 0) is 21.5 Å². The Kier molecular flexibility index (Phi) is 6.66. The number of amides is 1. The highest BCUT2D eigenvalue weighted by molar-refractivity contribution is 5.76. The van der Waals surface area contributed by atoms with E-state index in [-0.39, 0.29) is 24.3 Å². The summed E-state index contributed by atoms with van der Waals surface area (Å²) in [4.78, 5) is 31.7. The Balaban J connectivity index is 1.35. The molecule has 12 heteroatoms. The van der Waals surface area contributed by atoms with Gasteiger partial charge in [0.1, 0.15) is 6.54 Å². The number of carbonyl (C=O) groups excluding carboxylic acids is 1. The number of morpholine rings is 1. The predicted molar refractivity (Wildman–Crippen MR) is 134 cm³/mol. The Morgan fingerprint density at radius 2 is 1.84 bits per heavy atom. The molecule has 0 aromatic carbocycles. The number of hydrogen-bond acceptors (Lipinski definition) is 10. The lowest BCUT2D eigenvalue weighted by Gasteiger charge is -2.30. The van der Waals surface area contributed by atoms with Crippen LogP contribution in [-0.4, -0.2) is 72.0 Å². The third-order valence-corrected chi connectivity index (χ3v) is 6.92. The smallest absolute Gasteiger partial charge is 0.261 e. The Hall–Kier alpha value is -4.19. The van der Waals surface area contributed by atoms with Crippen molar-refractivity contribution >= 4 is 11.9 Å². The van der Waals surface area contributed by atoms with E-state index >= 15 is 0 Å². The highest BCUT2D eigenvalue weighted by Gasteiger charge is 2.38. The Morgan fingerprint density at radius 1 is 1.08 bits per heavy atom. The summed E-state index contributed by atoms with van der Waals surface area (Å²) >= 11 is 0. The second-order valence-corrected chi connectivity index (χ2v) is 9.46. The molecule has 12 nitrogen and oxygen atoms in total. The second-order valence-electron chi connectivity index (χ2n) is 9.46. The van der Waals surface area contributed by atoms with Gasteiger partial charge >= 0.3 is 0 Å². The zero-order chi connectivity index (χ0) is 26.0. The molecule has 0 radical (unpaired) electrons. The van der Waals surface area contributed by atoms with Gasteiger partial charge in [-0.25, -0.2) is 9.97 Å². The zero-order valence-electron chi connectivity index (χ0n) is 21.0. The van der Waals surface area contributed by atoms with Gasteiger partial charge in [0, 0.05) is 43.4 Å². The van der Waals surface area contributed by atoms with E-state index in [0.717, 1.165) is 16.8 Å². The van der Waals surface area contributed by atoms with Crippen LogP contribution in [0.25, 0.3) is 22.7 Å². The molecule has 192 valence electrons. The molecule has 0 spiro atoms. The van der Waals surface area contributed by atoms with Crippen LogP contribution in [0.5, 0.6) is 0 Å². The minimum absolute atomic E-state index is 0.00182. The molecular weight excluding hydrogens is 474 g/mol. The van der Waals surface area contributed by atoms with Crippen LogP contribution in [0.3, 0.4) is 0 Å². The molecule has 5 heterocycles. The molecule has 0 aliphatic carbocycles. The van der Waals surface area contributed by atoms with Gasteiger partial charge in [-0.1, -0.05) is 25.1 Å². The maximum absolute atomic E-state index is 12.5. The molecule has 1 aliphatic heterocycles. The van der Waals surface area contributed by atoms with E-state index in [2.05, 4.69) is 46.0 Å². The fraction of sp³-hybridized carbons (Fsp3) is 0.400. The van der Waals surface area contributed by atoms with Crippen molar-refractivity contribution in [1.29, 1.82) is 0 Å². The summed E-state index contributed by atoms with van der Waals surface area (Å²) in [6.45, 7) is 8.73. The number of nitrogens with two attached hydrogens (primary N) is 1. The normalized spacial score (nSPS) is 15.6. The molecule has 1 fully saturated rings. The predicted octanol–water partition coefficient (Wildman–Crippen LogP) is 2.19. The number of anilines is 1. The standard InChI is InChI=1S/C25H29N9O3/c1-16(2)25(3,19-4-5-20(27-13-19)17-10-28-24(26)29-11-17)23-31-22(37-32-23)18-12-30-34(14-18)15-21(35)33-6-8-36-9-7-33/h4-5,10-14,16H,6-9,15H2,1-3H3,(H2,26,28,29)/t25-/m1/s1. The van der Waals surface area contributed by atoms with Gasteiger partial charge in [-0.3, -0.25) is 14.5 Å². The van der Waals surface area contributed by atoms with Crippen molar-refractivity contribution in [2.75, 3.05) is 32.0 Å². The topological polar surface area (TPSA) is 151 Å². The van der Waals surface area contributed by atoms with E-state index in [1.807, 2.05) is 18.3 Å². The van der Waals surface area contributed by atoms with Crippen molar-refractivity contribution in [2.45, 2.75) is 32.7 Å². The Morgan fingerprint density at radius 3 is 2.51 bits per heavy atom. The maximum Gasteiger partial charge on any atom is 0.261 e. The first-order valence-corrected chi connectivity index (χ1v) is 12.1. The molecule has 0 unspecified atom stereocenters. The maximum atomic E-state index is 12.5. The van der Waals surface area contributed by atoms with Crippen molar-refractivity contribution in [1.82, 2.24) is 39.8 Å². The third kappa shape index (κ3) is 4.92. The number of pyridine rings is 1.